The van der Waals surface area contributed by atoms with Gasteiger partial charge in [-0.1, -0.05) is 23.9 Å². The predicted molar refractivity (Wildman–Crippen MR) is 115 cm³/mol. The highest BCUT2D eigenvalue weighted by atomic mass is 32.2. The predicted octanol–water partition coefficient (Wildman–Crippen LogP) is 2.35. The van der Waals surface area contributed by atoms with Crippen molar-refractivity contribution < 1.29 is 14.3 Å². The van der Waals surface area contributed by atoms with E-state index in [1.807, 2.05) is 41.8 Å². The van der Waals surface area contributed by atoms with Crippen LogP contribution < -0.4 is 15.4 Å². The van der Waals surface area contributed by atoms with Gasteiger partial charge in [0.15, 0.2) is 5.16 Å². The van der Waals surface area contributed by atoms with Gasteiger partial charge in [0, 0.05) is 24.8 Å². The van der Waals surface area contributed by atoms with E-state index in [0.717, 1.165) is 22.8 Å². The number of aromatic nitrogens is 3. The summed E-state index contributed by atoms with van der Waals surface area (Å²) < 4.78 is 7.09. The maximum atomic E-state index is 12.3. The number of benzene rings is 2. The number of thioether (sulfide) groups is 1. The lowest BCUT2D eigenvalue weighted by Gasteiger charge is -2.10. The molecule has 3 rings (SSSR count). The SMILES string of the molecule is CNC(=O)c1cccc(CNC(=O)CSc2nnc(C)n2-c2ccc(OC)cc2)c1. The lowest BCUT2D eigenvalue weighted by molar-refractivity contribution is -0.118. The quantitative estimate of drug-likeness (QED) is 0.538. The minimum absolute atomic E-state index is 0.132. The van der Waals surface area contributed by atoms with E-state index in [4.69, 9.17) is 4.74 Å². The molecule has 0 saturated carbocycles. The van der Waals surface area contributed by atoms with Crippen LogP contribution in [0.1, 0.15) is 21.7 Å². The van der Waals surface area contributed by atoms with Crippen LogP contribution in [0, 0.1) is 6.92 Å². The van der Waals surface area contributed by atoms with Crippen molar-refractivity contribution in [3.8, 4) is 11.4 Å². The molecular weight excluding hydrogens is 402 g/mol. The summed E-state index contributed by atoms with van der Waals surface area (Å²) in [4.78, 5) is 24.0. The van der Waals surface area contributed by atoms with E-state index in [9.17, 15) is 9.59 Å². The second kappa shape index (κ2) is 9.93. The van der Waals surface area contributed by atoms with E-state index in [-0.39, 0.29) is 17.6 Å². The molecule has 0 fully saturated rings. The summed E-state index contributed by atoms with van der Waals surface area (Å²) in [5.74, 6) is 1.40. The number of hydrogen-bond acceptors (Lipinski definition) is 6. The Morgan fingerprint density at radius 3 is 2.60 bits per heavy atom. The summed E-state index contributed by atoms with van der Waals surface area (Å²) >= 11 is 1.31. The number of nitrogens with one attached hydrogen (secondary N) is 2. The average molecular weight is 426 g/mol. The first kappa shape index (κ1) is 21.4. The van der Waals surface area contributed by atoms with E-state index in [2.05, 4.69) is 20.8 Å². The van der Waals surface area contributed by atoms with Crippen LogP contribution in [0.3, 0.4) is 0 Å². The molecule has 2 N–H and O–H groups in total. The molecule has 8 nitrogen and oxygen atoms in total. The van der Waals surface area contributed by atoms with Crippen molar-refractivity contribution in [2.24, 2.45) is 0 Å². The third-order valence-corrected chi connectivity index (χ3v) is 5.29. The van der Waals surface area contributed by atoms with Gasteiger partial charge in [0.05, 0.1) is 12.9 Å². The van der Waals surface area contributed by atoms with Crippen molar-refractivity contribution in [3.63, 3.8) is 0 Å². The van der Waals surface area contributed by atoms with Crippen LogP contribution in [0.5, 0.6) is 5.75 Å². The standard InChI is InChI=1S/C21H23N5O3S/c1-14-24-25-21(26(14)17-7-9-18(29-3)10-8-17)30-13-19(27)23-12-15-5-4-6-16(11-15)20(28)22-2/h4-11H,12-13H2,1-3H3,(H,22,28)(H,23,27). The van der Waals surface area contributed by atoms with Crippen LogP contribution in [-0.2, 0) is 11.3 Å². The lowest BCUT2D eigenvalue weighted by atomic mass is 10.1. The molecule has 0 atom stereocenters. The molecule has 0 aliphatic carbocycles. The van der Waals surface area contributed by atoms with Crippen molar-refractivity contribution in [3.05, 3.63) is 65.5 Å². The third kappa shape index (κ3) is 5.18. The molecule has 3 aromatic rings. The van der Waals surface area contributed by atoms with Gasteiger partial charge in [0.2, 0.25) is 5.91 Å². The number of nitrogens with zero attached hydrogens (tertiary/aromatic N) is 3. The zero-order chi connectivity index (χ0) is 21.5. The number of carbonyl (C=O) groups is 2. The van der Waals surface area contributed by atoms with E-state index in [0.29, 0.717) is 17.3 Å². The number of carbonyl (C=O) groups excluding carboxylic acids is 2. The molecule has 0 unspecified atom stereocenters. The number of methoxy groups -OCH3 is 1. The van der Waals surface area contributed by atoms with E-state index in [1.165, 1.54) is 11.8 Å². The van der Waals surface area contributed by atoms with Gasteiger partial charge in [-0.3, -0.25) is 14.2 Å². The number of aryl methyl sites for hydroxylation is 1. The van der Waals surface area contributed by atoms with Crippen molar-refractivity contribution >= 4 is 23.6 Å². The fourth-order valence-electron chi connectivity index (χ4n) is 2.81. The van der Waals surface area contributed by atoms with Gasteiger partial charge in [0.25, 0.3) is 5.91 Å². The Morgan fingerprint density at radius 2 is 1.90 bits per heavy atom. The first-order valence-corrected chi connectivity index (χ1v) is 10.3. The van der Waals surface area contributed by atoms with E-state index >= 15 is 0 Å². The molecule has 0 saturated heterocycles. The molecule has 9 heteroatoms. The fraction of sp³-hybridized carbons (Fsp3) is 0.238. The molecule has 0 bridgehead atoms. The summed E-state index contributed by atoms with van der Waals surface area (Å²) in [5, 5.41) is 14.4. The number of amides is 2. The molecule has 0 spiro atoms. The highest BCUT2D eigenvalue weighted by molar-refractivity contribution is 7.99. The van der Waals surface area contributed by atoms with Crippen molar-refractivity contribution in [1.82, 2.24) is 25.4 Å². The molecule has 30 heavy (non-hydrogen) atoms. The molecule has 1 aromatic heterocycles. The van der Waals surface area contributed by atoms with Gasteiger partial charge < -0.3 is 15.4 Å². The molecule has 0 aliphatic rings. The van der Waals surface area contributed by atoms with Crippen LogP contribution in [0.15, 0.2) is 53.7 Å². The first-order chi connectivity index (χ1) is 14.5. The number of ether oxygens (including phenoxy) is 1. The maximum absolute atomic E-state index is 12.3. The Balaban J connectivity index is 1.60. The van der Waals surface area contributed by atoms with Crippen LogP contribution in [0.25, 0.3) is 5.69 Å². The zero-order valence-electron chi connectivity index (χ0n) is 17.0. The maximum Gasteiger partial charge on any atom is 0.251 e. The number of hydrogen-bond donors (Lipinski definition) is 2. The minimum atomic E-state index is -0.160. The summed E-state index contributed by atoms with van der Waals surface area (Å²) in [7, 11) is 3.20. The summed E-state index contributed by atoms with van der Waals surface area (Å²) in [5.41, 5.74) is 2.31. The number of rotatable bonds is 8. The normalized spacial score (nSPS) is 10.5. The topological polar surface area (TPSA) is 98.1 Å². The van der Waals surface area contributed by atoms with Gasteiger partial charge in [-0.15, -0.1) is 10.2 Å². The molecule has 0 aliphatic heterocycles. The highest BCUT2D eigenvalue weighted by Gasteiger charge is 2.14. The Kier molecular flexibility index (Phi) is 7.08. The average Bonchev–Trinajstić information content (AvgIpc) is 3.16. The summed E-state index contributed by atoms with van der Waals surface area (Å²) in [6, 6.07) is 14.7. The smallest absolute Gasteiger partial charge is 0.251 e. The Morgan fingerprint density at radius 1 is 1.13 bits per heavy atom. The van der Waals surface area contributed by atoms with Gasteiger partial charge in [-0.05, 0) is 48.9 Å². The molecule has 2 aromatic carbocycles. The van der Waals surface area contributed by atoms with Gasteiger partial charge in [-0.2, -0.15) is 0 Å². The molecule has 2 amide bonds. The van der Waals surface area contributed by atoms with Crippen molar-refractivity contribution in [2.75, 3.05) is 19.9 Å². The largest absolute Gasteiger partial charge is 0.497 e. The monoisotopic (exact) mass is 425 g/mol. The van der Waals surface area contributed by atoms with E-state index < -0.39 is 0 Å². The van der Waals surface area contributed by atoms with Crippen molar-refractivity contribution in [1.29, 1.82) is 0 Å². The van der Waals surface area contributed by atoms with Crippen molar-refractivity contribution in [2.45, 2.75) is 18.6 Å². The van der Waals surface area contributed by atoms with Gasteiger partial charge in [0.1, 0.15) is 11.6 Å². The Labute approximate surface area is 179 Å². The third-order valence-electron chi connectivity index (χ3n) is 4.36. The second-order valence-electron chi connectivity index (χ2n) is 6.41. The van der Waals surface area contributed by atoms with Crippen LogP contribution in [-0.4, -0.2) is 46.5 Å². The molecule has 156 valence electrons. The molecular formula is C21H23N5O3S. The van der Waals surface area contributed by atoms with Crippen LogP contribution in [0.2, 0.25) is 0 Å². The molecule has 1 heterocycles. The summed E-state index contributed by atoms with van der Waals surface area (Å²) in [6.07, 6.45) is 0. The minimum Gasteiger partial charge on any atom is -0.497 e. The molecule has 0 radical (unpaired) electrons. The fourth-order valence-corrected chi connectivity index (χ4v) is 3.64. The Bertz CT molecular complexity index is 1030. The van der Waals surface area contributed by atoms with Crippen LogP contribution >= 0.6 is 11.8 Å². The Hall–Kier alpha value is -3.33. The van der Waals surface area contributed by atoms with Crippen LogP contribution in [0.4, 0.5) is 0 Å². The zero-order valence-corrected chi connectivity index (χ0v) is 17.8. The first-order valence-electron chi connectivity index (χ1n) is 9.28. The summed E-state index contributed by atoms with van der Waals surface area (Å²) in [6.45, 7) is 2.20. The van der Waals surface area contributed by atoms with Gasteiger partial charge >= 0.3 is 0 Å². The van der Waals surface area contributed by atoms with E-state index in [1.54, 1.807) is 32.4 Å². The van der Waals surface area contributed by atoms with Gasteiger partial charge in [-0.25, -0.2) is 0 Å². The highest BCUT2D eigenvalue weighted by Crippen LogP contribution is 2.23. The second-order valence-corrected chi connectivity index (χ2v) is 7.35. The lowest BCUT2D eigenvalue weighted by Crippen LogP contribution is -2.25.